The zero-order valence-corrected chi connectivity index (χ0v) is 8.56. The molecule has 1 rings (SSSR count). The van der Waals surface area contributed by atoms with Crippen molar-refractivity contribution >= 4 is 12.0 Å². The van der Waals surface area contributed by atoms with Crippen molar-refractivity contribution in [1.29, 1.82) is 0 Å². The lowest BCUT2D eigenvalue weighted by Crippen LogP contribution is -2.37. The number of amides is 2. The molecule has 1 heterocycles. The van der Waals surface area contributed by atoms with E-state index in [0.717, 1.165) is 6.42 Å². The molecule has 0 bridgehead atoms. The molecule has 0 radical (unpaired) electrons. The number of hydrogen-bond acceptors (Lipinski definition) is 2. The first kappa shape index (κ1) is 10.8. The van der Waals surface area contributed by atoms with Gasteiger partial charge in [0.25, 0.3) is 0 Å². The minimum absolute atomic E-state index is 0.0297. The van der Waals surface area contributed by atoms with Crippen LogP contribution in [0.3, 0.4) is 0 Å². The van der Waals surface area contributed by atoms with Gasteiger partial charge in [-0.2, -0.15) is 0 Å². The van der Waals surface area contributed by atoms with Crippen LogP contribution in [0.1, 0.15) is 12.8 Å². The monoisotopic (exact) mass is 200 g/mol. The Hall–Kier alpha value is -1.26. The zero-order chi connectivity index (χ0) is 10.7. The number of carbonyl (C=O) groups is 2. The van der Waals surface area contributed by atoms with E-state index in [1.54, 1.807) is 19.0 Å². The SMILES string of the molecule is CN(C)C(=O)N1CCC(CC(=O)O)C1. The Bertz CT molecular complexity index is 240. The molecule has 0 saturated carbocycles. The fraction of sp³-hybridized carbons (Fsp3) is 0.778. The fourth-order valence-corrected chi connectivity index (χ4v) is 1.70. The van der Waals surface area contributed by atoms with Crippen LogP contribution < -0.4 is 0 Å². The molecule has 1 unspecified atom stereocenters. The van der Waals surface area contributed by atoms with Crippen molar-refractivity contribution in [2.75, 3.05) is 27.2 Å². The predicted octanol–water partition coefficient (Wildman–Crippen LogP) is 0.465. The van der Waals surface area contributed by atoms with Gasteiger partial charge >= 0.3 is 12.0 Å². The lowest BCUT2D eigenvalue weighted by molar-refractivity contribution is -0.138. The van der Waals surface area contributed by atoms with Gasteiger partial charge in [0, 0.05) is 33.6 Å². The molecular formula is C9H16N2O3. The largest absolute Gasteiger partial charge is 0.481 e. The maximum atomic E-state index is 11.5. The van der Waals surface area contributed by atoms with Crippen molar-refractivity contribution in [3.8, 4) is 0 Å². The van der Waals surface area contributed by atoms with Crippen LogP contribution in [0.2, 0.25) is 0 Å². The van der Waals surface area contributed by atoms with Gasteiger partial charge in [-0.25, -0.2) is 4.79 Å². The van der Waals surface area contributed by atoms with Crippen molar-refractivity contribution < 1.29 is 14.7 Å². The van der Waals surface area contributed by atoms with Crippen molar-refractivity contribution in [1.82, 2.24) is 9.80 Å². The summed E-state index contributed by atoms with van der Waals surface area (Å²) in [5.74, 6) is -0.662. The van der Waals surface area contributed by atoms with Gasteiger partial charge in [0.15, 0.2) is 0 Å². The first-order valence-corrected chi connectivity index (χ1v) is 4.68. The Balaban J connectivity index is 2.41. The second kappa shape index (κ2) is 4.30. The molecule has 5 heteroatoms. The van der Waals surface area contributed by atoms with Crippen molar-refractivity contribution in [2.24, 2.45) is 5.92 Å². The number of aliphatic carboxylic acids is 1. The first-order chi connectivity index (χ1) is 6.50. The molecule has 0 aromatic carbocycles. The third-order valence-electron chi connectivity index (χ3n) is 2.40. The summed E-state index contributed by atoms with van der Waals surface area (Å²) in [6, 6.07) is -0.0297. The van der Waals surface area contributed by atoms with E-state index in [9.17, 15) is 9.59 Å². The molecule has 1 aliphatic heterocycles. The van der Waals surface area contributed by atoms with Crippen LogP contribution in [0.15, 0.2) is 0 Å². The summed E-state index contributed by atoms with van der Waals surface area (Å²) < 4.78 is 0. The Morgan fingerprint density at radius 1 is 1.50 bits per heavy atom. The molecule has 0 aromatic rings. The van der Waals surface area contributed by atoms with Crippen LogP contribution in [-0.4, -0.2) is 54.1 Å². The van der Waals surface area contributed by atoms with E-state index in [4.69, 9.17) is 5.11 Å². The van der Waals surface area contributed by atoms with Crippen molar-refractivity contribution in [3.63, 3.8) is 0 Å². The van der Waals surface area contributed by atoms with Crippen LogP contribution in [0.4, 0.5) is 4.79 Å². The molecule has 0 aromatic heterocycles. The molecule has 1 saturated heterocycles. The van der Waals surface area contributed by atoms with E-state index in [1.807, 2.05) is 0 Å². The smallest absolute Gasteiger partial charge is 0.319 e. The molecule has 14 heavy (non-hydrogen) atoms. The van der Waals surface area contributed by atoms with E-state index in [1.165, 1.54) is 4.90 Å². The molecule has 2 amide bonds. The highest BCUT2D eigenvalue weighted by atomic mass is 16.4. The van der Waals surface area contributed by atoms with E-state index < -0.39 is 5.97 Å². The van der Waals surface area contributed by atoms with Gasteiger partial charge in [0.2, 0.25) is 0 Å². The van der Waals surface area contributed by atoms with Crippen LogP contribution in [0, 0.1) is 5.92 Å². The summed E-state index contributed by atoms with van der Waals surface area (Å²) in [6.07, 6.45) is 0.961. The van der Waals surface area contributed by atoms with Gasteiger partial charge in [0.05, 0.1) is 0 Å². The molecule has 1 atom stereocenters. The normalized spacial score (nSPS) is 21.0. The summed E-state index contributed by atoms with van der Waals surface area (Å²) in [6.45, 7) is 1.25. The number of carboxylic acid groups (broad SMARTS) is 1. The second-order valence-corrected chi connectivity index (χ2v) is 3.88. The lowest BCUT2D eigenvalue weighted by Gasteiger charge is -2.20. The summed E-state index contributed by atoms with van der Waals surface area (Å²) >= 11 is 0. The van der Waals surface area contributed by atoms with Gasteiger partial charge < -0.3 is 14.9 Å². The summed E-state index contributed by atoms with van der Waals surface area (Å²) in [4.78, 5) is 25.2. The Labute approximate surface area is 83.3 Å². The van der Waals surface area contributed by atoms with Crippen molar-refractivity contribution in [3.05, 3.63) is 0 Å². The molecule has 1 aliphatic rings. The van der Waals surface area contributed by atoms with E-state index >= 15 is 0 Å². The highest BCUT2D eigenvalue weighted by molar-refractivity contribution is 5.74. The molecule has 80 valence electrons. The standard InChI is InChI=1S/C9H16N2O3/c1-10(2)9(14)11-4-3-7(6-11)5-8(12)13/h7H,3-6H2,1-2H3,(H,12,13). The van der Waals surface area contributed by atoms with Crippen LogP contribution in [0.25, 0.3) is 0 Å². The maximum absolute atomic E-state index is 11.5. The molecule has 0 spiro atoms. The average molecular weight is 200 g/mol. The number of likely N-dealkylation sites (tertiary alicyclic amines) is 1. The van der Waals surface area contributed by atoms with E-state index in [0.29, 0.717) is 13.1 Å². The summed E-state index contributed by atoms with van der Waals surface area (Å²) in [5, 5.41) is 8.59. The average Bonchev–Trinajstić information content (AvgIpc) is 2.50. The molecule has 0 aliphatic carbocycles. The van der Waals surface area contributed by atoms with Crippen LogP contribution >= 0.6 is 0 Å². The van der Waals surface area contributed by atoms with Crippen LogP contribution in [0.5, 0.6) is 0 Å². The molecule has 1 N–H and O–H groups in total. The lowest BCUT2D eigenvalue weighted by atomic mass is 10.1. The zero-order valence-electron chi connectivity index (χ0n) is 8.56. The van der Waals surface area contributed by atoms with Crippen LogP contribution in [-0.2, 0) is 4.79 Å². The third-order valence-corrected chi connectivity index (χ3v) is 2.40. The van der Waals surface area contributed by atoms with Gasteiger partial charge in [-0.3, -0.25) is 4.79 Å². The number of hydrogen-bond donors (Lipinski definition) is 1. The first-order valence-electron chi connectivity index (χ1n) is 4.68. The fourth-order valence-electron chi connectivity index (χ4n) is 1.70. The van der Waals surface area contributed by atoms with Gasteiger partial charge in [0.1, 0.15) is 0 Å². The topological polar surface area (TPSA) is 60.9 Å². The second-order valence-electron chi connectivity index (χ2n) is 3.88. The highest BCUT2D eigenvalue weighted by Crippen LogP contribution is 2.20. The number of urea groups is 1. The van der Waals surface area contributed by atoms with Gasteiger partial charge in [-0.15, -0.1) is 0 Å². The molecule has 1 fully saturated rings. The van der Waals surface area contributed by atoms with E-state index in [2.05, 4.69) is 0 Å². The highest BCUT2D eigenvalue weighted by Gasteiger charge is 2.28. The minimum atomic E-state index is -0.783. The number of carbonyl (C=O) groups excluding carboxylic acids is 1. The Morgan fingerprint density at radius 3 is 2.64 bits per heavy atom. The summed E-state index contributed by atoms with van der Waals surface area (Å²) in [5.41, 5.74) is 0. The number of rotatable bonds is 2. The third kappa shape index (κ3) is 2.61. The predicted molar refractivity (Wildman–Crippen MR) is 51.0 cm³/mol. The van der Waals surface area contributed by atoms with Gasteiger partial charge in [-0.1, -0.05) is 0 Å². The number of carboxylic acids is 1. The quantitative estimate of drug-likeness (QED) is 0.704. The van der Waals surface area contributed by atoms with Gasteiger partial charge in [-0.05, 0) is 12.3 Å². The summed E-state index contributed by atoms with van der Waals surface area (Å²) in [7, 11) is 3.40. The van der Waals surface area contributed by atoms with E-state index in [-0.39, 0.29) is 18.4 Å². The Morgan fingerprint density at radius 2 is 2.14 bits per heavy atom. The maximum Gasteiger partial charge on any atom is 0.319 e. The minimum Gasteiger partial charge on any atom is -0.481 e. The molecule has 5 nitrogen and oxygen atoms in total. The molecular weight excluding hydrogens is 184 g/mol. The Kier molecular flexibility index (Phi) is 3.33. The van der Waals surface area contributed by atoms with Crippen molar-refractivity contribution in [2.45, 2.75) is 12.8 Å². The number of nitrogens with zero attached hydrogens (tertiary/aromatic N) is 2.